The number of hydrogen-bond acceptors (Lipinski definition) is 8. The van der Waals surface area contributed by atoms with E-state index in [4.69, 9.17) is 10.5 Å². The Morgan fingerprint density at radius 2 is 2.06 bits per heavy atom. The number of fused-ring (bicyclic) bond motifs is 3. The molecule has 4 heterocycles. The fourth-order valence-corrected chi connectivity index (χ4v) is 5.33. The number of nitrogens with two attached hydrogens (primary N) is 1. The van der Waals surface area contributed by atoms with Gasteiger partial charge in [-0.15, -0.1) is 0 Å². The van der Waals surface area contributed by atoms with Crippen LogP contribution in [-0.2, 0) is 11.2 Å². The number of anilines is 2. The molecule has 0 saturated carbocycles. The Kier molecular flexibility index (Phi) is 6.03. The first kappa shape index (κ1) is 24.3. The Morgan fingerprint density at radius 3 is 2.67 bits per heavy atom. The Balaban J connectivity index is 1.45. The Labute approximate surface area is 205 Å². The second kappa shape index (κ2) is 8.93. The number of ether oxygens (including phenoxy) is 1. The molecule has 3 atom stereocenters. The van der Waals surface area contributed by atoms with Crippen molar-refractivity contribution in [2.24, 2.45) is 5.73 Å². The van der Waals surface area contributed by atoms with E-state index in [1.54, 1.807) is 25.1 Å². The van der Waals surface area contributed by atoms with Gasteiger partial charge in [0.1, 0.15) is 11.4 Å². The zero-order valence-electron chi connectivity index (χ0n) is 19.6. The van der Waals surface area contributed by atoms with Crippen LogP contribution in [0.2, 0.25) is 0 Å². The predicted octanol–water partition coefficient (Wildman–Crippen LogP) is 1.93. The van der Waals surface area contributed by atoms with E-state index in [0.717, 1.165) is 11.8 Å². The average molecular weight is 505 g/mol. The number of likely N-dealkylation sites (tertiary alicyclic amines) is 1. The number of aromatic nitrogens is 2. The lowest BCUT2D eigenvalue weighted by molar-refractivity contribution is -0.148. The highest BCUT2D eigenvalue weighted by atomic mass is 19.4. The summed E-state index contributed by atoms with van der Waals surface area (Å²) in [6.07, 6.45) is 0.920. The fraction of sp³-hybridized carbons (Fsp3) is 0.458. The molecule has 2 aromatic rings. The Hall–Kier alpha value is -3.38. The van der Waals surface area contributed by atoms with Crippen molar-refractivity contribution < 1.29 is 27.8 Å². The number of rotatable bonds is 6. The zero-order valence-corrected chi connectivity index (χ0v) is 19.6. The molecular weight excluding hydrogens is 477 g/mol. The largest absolute Gasteiger partial charge is 0.484 e. The van der Waals surface area contributed by atoms with E-state index in [1.165, 1.54) is 17.3 Å². The maximum Gasteiger partial charge on any atom is 0.401 e. The second-order valence-electron chi connectivity index (χ2n) is 9.71. The molecule has 36 heavy (non-hydrogen) atoms. The third-order valence-electron chi connectivity index (χ3n) is 6.95. The van der Waals surface area contributed by atoms with Crippen LogP contribution >= 0.6 is 0 Å². The summed E-state index contributed by atoms with van der Waals surface area (Å²) in [6, 6.07) is 4.83. The standard InChI is InChI=1S/C24H27F3N6O3/c1-23(13-34)8-14-5-18(31-22(35)17(9-28)21-29-3-2-4-30-21)19(7-20(14)36-23)33-11-15-6-16(33)10-32(15)12-24(25,26)27/h2-5,7,9,15-16,34H,6,8,10-13,28H2,1H3,(H,31,35)/t15-,16-,23+/m0/s1. The number of alkyl halides is 3. The molecular formula is C24H27F3N6O3. The number of amides is 1. The average Bonchev–Trinajstić information content (AvgIpc) is 3.50. The number of piperazine rings is 1. The molecule has 3 aliphatic heterocycles. The Bertz CT molecular complexity index is 1190. The lowest BCUT2D eigenvalue weighted by atomic mass is 9.99. The zero-order chi connectivity index (χ0) is 25.7. The van der Waals surface area contributed by atoms with Gasteiger partial charge in [0.2, 0.25) is 0 Å². The van der Waals surface area contributed by atoms with Crippen LogP contribution in [0.4, 0.5) is 24.5 Å². The summed E-state index contributed by atoms with van der Waals surface area (Å²) in [5, 5.41) is 12.7. The maximum atomic E-state index is 13.2. The van der Waals surface area contributed by atoms with Crippen molar-refractivity contribution in [2.75, 3.05) is 36.5 Å². The van der Waals surface area contributed by atoms with Crippen LogP contribution in [-0.4, -0.2) is 76.0 Å². The minimum atomic E-state index is -4.25. The molecule has 1 aromatic heterocycles. The molecule has 2 fully saturated rings. The minimum absolute atomic E-state index is 0.0813. The normalized spacial score (nSPS) is 25.7. The van der Waals surface area contributed by atoms with E-state index in [-0.39, 0.29) is 36.6 Å². The van der Waals surface area contributed by atoms with Crippen molar-refractivity contribution in [2.45, 2.75) is 43.6 Å². The highest BCUT2D eigenvalue weighted by Crippen LogP contribution is 2.45. The lowest BCUT2D eigenvalue weighted by Gasteiger charge is -2.37. The van der Waals surface area contributed by atoms with Crippen molar-refractivity contribution in [1.82, 2.24) is 14.9 Å². The number of nitrogens with zero attached hydrogens (tertiary/aromatic N) is 4. The third-order valence-corrected chi connectivity index (χ3v) is 6.95. The summed E-state index contributed by atoms with van der Waals surface area (Å²) in [5.74, 6) is 0.228. The van der Waals surface area contributed by atoms with Gasteiger partial charge < -0.3 is 25.8 Å². The van der Waals surface area contributed by atoms with Crippen LogP contribution in [0.5, 0.6) is 5.75 Å². The van der Waals surface area contributed by atoms with Gasteiger partial charge in [0.15, 0.2) is 5.82 Å². The molecule has 1 amide bonds. The van der Waals surface area contributed by atoms with Crippen LogP contribution in [0.1, 0.15) is 24.7 Å². The highest BCUT2D eigenvalue weighted by molar-refractivity contribution is 6.24. The molecule has 0 unspecified atom stereocenters. The Morgan fingerprint density at radius 1 is 1.31 bits per heavy atom. The van der Waals surface area contributed by atoms with Crippen LogP contribution < -0.4 is 20.7 Å². The molecule has 5 rings (SSSR count). The quantitative estimate of drug-likeness (QED) is 0.511. The van der Waals surface area contributed by atoms with Gasteiger partial charge in [-0.1, -0.05) is 0 Å². The van der Waals surface area contributed by atoms with Gasteiger partial charge >= 0.3 is 6.18 Å². The van der Waals surface area contributed by atoms with E-state index in [2.05, 4.69) is 15.3 Å². The number of halogens is 3. The molecule has 192 valence electrons. The summed E-state index contributed by atoms with van der Waals surface area (Å²) >= 11 is 0. The third kappa shape index (κ3) is 4.58. The van der Waals surface area contributed by atoms with Gasteiger partial charge in [-0.05, 0) is 25.5 Å². The lowest BCUT2D eigenvalue weighted by Crippen LogP contribution is -2.49. The molecule has 1 aromatic carbocycles. The van der Waals surface area contributed by atoms with Gasteiger partial charge in [-0.2, -0.15) is 13.2 Å². The fourth-order valence-electron chi connectivity index (χ4n) is 5.33. The van der Waals surface area contributed by atoms with Crippen molar-refractivity contribution in [3.05, 3.63) is 48.2 Å². The number of benzene rings is 1. The van der Waals surface area contributed by atoms with Gasteiger partial charge in [-0.25, -0.2) is 9.97 Å². The molecule has 9 nitrogen and oxygen atoms in total. The smallest absolute Gasteiger partial charge is 0.401 e. The van der Waals surface area contributed by atoms with Crippen molar-refractivity contribution in [3.63, 3.8) is 0 Å². The first-order chi connectivity index (χ1) is 17.1. The van der Waals surface area contributed by atoms with E-state index in [9.17, 15) is 23.1 Å². The van der Waals surface area contributed by atoms with Crippen LogP contribution in [0.15, 0.2) is 36.8 Å². The molecule has 12 heteroatoms. The number of hydrogen-bond donors (Lipinski definition) is 3. The topological polar surface area (TPSA) is 117 Å². The molecule has 0 radical (unpaired) electrons. The van der Waals surface area contributed by atoms with Crippen LogP contribution in [0, 0.1) is 0 Å². The summed E-state index contributed by atoms with van der Waals surface area (Å²) in [5.41, 5.74) is 6.94. The highest BCUT2D eigenvalue weighted by Gasteiger charge is 2.47. The SMILES string of the molecule is C[C@]1(CO)Cc2cc(NC(=O)C(=CN)c3ncccn3)c(N3C[C@@H]4C[C@H]3CN4CC(F)(F)F)cc2O1. The van der Waals surface area contributed by atoms with Gasteiger partial charge in [-0.3, -0.25) is 9.69 Å². The van der Waals surface area contributed by atoms with Crippen LogP contribution in [0.3, 0.4) is 0 Å². The molecule has 0 spiro atoms. The molecule has 3 aliphatic rings. The van der Waals surface area contributed by atoms with Gasteiger partial charge in [0.05, 0.1) is 30.1 Å². The summed E-state index contributed by atoms with van der Waals surface area (Å²) in [7, 11) is 0. The minimum Gasteiger partial charge on any atom is -0.484 e. The summed E-state index contributed by atoms with van der Waals surface area (Å²) in [6.45, 7) is 1.33. The van der Waals surface area contributed by atoms with Crippen molar-refractivity contribution in [3.8, 4) is 5.75 Å². The van der Waals surface area contributed by atoms with E-state index in [0.29, 0.717) is 36.5 Å². The number of nitrogens with one attached hydrogen (secondary N) is 1. The number of carbonyl (C=O) groups excluding carboxylic acids is 1. The predicted molar refractivity (Wildman–Crippen MR) is 126 cm³/mol. The monoisotopic (exact) mass is 504 g/mol. The first-order valence-corrected chi connectivity index (χ1v) is 11.6. The van der Waals surface area contributed by atoms with Gasteiger partial charge in [0.25, 0.3) is 5.91 Å². The van der Waals surface area contributed by atoms with E-state index < -0.39 is 24.2 Å². The maximum absolute atomic E-state index is 13.2. The molecule has 4 N–H and O–H groups in total. The molecule has 2 saturated heterocycles. The van der Waals surface area contributed by atoms with Crippen LogP contribution in [0.25, 0.3) is 5.57 Å². The summed E-state index contributed by atoms with van der Waals surface area (Å²) < 4.78 is 45.0. The number of aliphatic hydroxyl groups is 1. The van der Waals surface area contributed by atoms with Gasteiger partial charge in [0, 0.05) is 61.8 Å². The number of carbonyl (C=O) groups is 1. The van der Waals surface area contributed by atoms with Crippen molar-refractivity contribution >= 4 is 22.9 Å². The second-order valence-corrected chi connectivity index (χ2v) is 9.71. The molecule has 2 bridgehead atoms. The summed E-state index contributed by atoms with van der Waals surface area (Å²) in [4.78, 5) is 24.9. The van der Waals surface area contributed by atoms with Crippen molar-refractivity contribution in [1.29, 1.82) is 0 Å². The van der Waals surface area contributed by atoms with E-state index >= 15 is 0 Å². The first-order valence-electron chi connectivity index (χ1n) is 11.6. The number of aliphatic hydroxyl groups excluding tert-OH is 1. The molecule has 0 aliphatic carbocycles. The van der Waals surface area contributed by atoms with E-state index in [1.807, 2.05) is 4.90 Å².